The molecule has 1 aliphatic carbocycles. The highest BCUT2D eigenvalue weighted by atomic mass is 16.6. The molecule has 4 heteroatoms. The Hall–Kier alpha value is -3.11. The monoisotopic (exact) mass is 385 g/mol. The molecule has 0 aromatic heterocycles. The van der Waals surface area contributed by atoms with Gasteiger partial charge in [-0.25, -0.2) is 4.79 Å². The molecule has 1 N–H and O–H groups in total. The number of aliphatic hydroxyl groups is 1. The lowest BCUT2D eigenvalue weighted by molar-refractivity contribution is 0.148. The molecule has 0 radical (unpaired) electrons. The average molecular weight is 385 g/mol. The van der Waals surface area contributed by atoms with Gasteiger partial charge in [0, 0.05) is 17.9 Å². The van der Waals surface area contributed by atoms with Gasteiger partial charge in [0.15, 0.2) is 0 Å². The van der Waals surface area contributed by atoms with Crippen LogP contribution in [-0.4, -0.2) is 31.0 Å². The van der Waals surface area contributed by atoms with Crippen LogP contribution in [0.25, 0.3) is 11.1 Å². The van der Waals surface area contributed by atoms with Gasteiger partial charge in [0.25, 0.3) is 0 Å². The van der Waals surface area contributed by atoms with E-state index in [0.717, 1.165) is 11.3 Å². The molecule has 1 aliphatic heterocycles. The molecule has 0 bridgehead atoms. The number of fused-ring (bicyclic) bond motifs is 4. The highest BCUT2D eigenvalue weighted by molar-refractivity contribution is 5.91. The predicted octanol–water partition coefficient (Wildman–Crippen LogP) is 4.71. The molecule has 0 saturated heterocycles. The van der Waals surface area contributed by atoms with Crippen LogP contribution in [0.15, 0.2) is 72.8 Å². The van der Waals surface area contributed by atoms with Crippen LogP contribution in [-0.2, 0) is 10.2 Å². The molecule has 4 nitrogen and oxygen atoms in total. The van der Waals surface area contributed by atoms with E-state index in [1.165, 1.54) is 22.3 Å². The maximum atomic E-state index is 13.0. The number of ether oxygens (including phenoxy) is 1. The molecule has 1 atom stereocenters. The largest absolute Gasteiger partial charge is 0.448 e. The zero-order valence-corrected chi connectivity index (χ0v) is 16.3. The van der Waals surface area contributed by atoms with E-state index in [-0.39, 0.29) is 18.6 Å². The van der Waals surface area contributed by atoms with Crippen molar-refractivity contribution in [1.29, 1.82) is 0 Å². The van der Waals surface area contributed by atoms with Gasteiger partial charge in [-0.3, -0.25) is 4.90 Å². The second-order valence-electron chi connectivity index (χ2n) is 8.13. The summed E-state index contributed by atoms with van der Waals surface area (Å²) >= 11 is 0. The zero-order chi connectivity index (χ0) is 20.0. The predicted molar refractivity (Wildman–Crippen MR) is 113 cm³/mol. The van der Waals surface area contributed by atoms with Crippen LogP contribution in [0.2, 0.25) is 0 Å². The summed E-state index contributed by atoms with van der Waals surface area (Å²) in [6.07, 6.45) is -0.364. The summed E-state index contributed by atoms with van der Waals surface area (Å²) in [4.78, 5) is 14.7. The Morgan fingerprint density at radius 2 is 1.59 bits per heavy atom. The van der Waals surface area contributed by atoms with Crippen molar-refractivity contribution < 1.29 is 14.6 Å². The maximum Gasteiger partial charge on any atom is 0.414 e. The topological polar surface area (TPSA) is 49.8 Å². The van der Waals surface area contributed by atoms with Crippen molar-refractivity contribution >= 4 is 11.8 Å². The van der Waals surface area contributed by atoms with E-state index in [2.05, 4.69) is 24.3 Å². The molecule has 5 rings (SSSR count). The number of benzene rings is 3. The summed E-state index contributed by atoms with van der Waals surface area (Å²) in [5.74, 6) is 0.0356. The lowest BCUT2D eigenvalue weighted by Gasteiger charge is -2.23. The Balaban J connectivity index is 1.40. The van der Waals surface area contributed by atoms with Crippen molar-refractivity contribution in [2.75, 3.05) is 24.7 Å². The van der Waals surface area contributed by atoms with Gasteiger partial charge in [0.05, 0.1) is 12.3 Å². The van der Waals surface area contributed by atoms with Gasteiger partial charge in [0.1, 0.15) is 6.61 Å². The first-order chi connectivity index (χ1) is 14.1. The summed E-state index contributed by atoms with van der Waals surface area (Å²) in [6, 6.07) is 24.4. The highest BCUT2D eigenvalue weighted by Gasteiger charge is 2.41. The highest BCUT2D eigenvalue weighted by Crippen LogP contribution is 2.45. The molecule has 3 aromatic rings. The molecule has 0 saturated carbocycles. The molecule has 29 heavy (non-hydrogen) atoms. The van der Waals surface area contributed by atoms with E-state index in [1.54, 1.807) is 4.90 Å². The Morgan fingerprint density at radius 1 is 1.00 bits per heavy atom. The molecule has 0 spiro atoms. The normalized spacial score (nSPS) is 19.6. The smallest absolute Gasteiger partial charge is 0.414 e. The Morgan fingerprint density at radius 3 is 2.24 bits per heavy atom. The summed E-state index contributed by atoms with van der Waals surface area (Å²) < 4.78 is 5.82. The average Bonchev–Trinajstić information content (AvgIpc) is 3.26. The first-order valence-corrected chi connectivity index (χ1v) is 9.95. The van der Waals surface area contributed by atoms with Crippen LogP contribution in [0.4, 0.5) is 10.5 Å². The summed E-state index contributed by atoms with van der Waals surface area (Å²) in [5, 5.41) is 9.91. The van der Waals surface area contributed by atoms with Crippen LogP contribution in [0.5, 0.6) is 0 Å². The first-order valence-electron chi connectivity index (χ1n) is 9.95. The zero-order valence-electron chi connectivity index (χ0n) is 16.3. The second-order valence-corrected chi connectivity index (χ2v) is 8.13. The van der Waals surface area contributed by atoms with Crippen LogP contribution < -0.4 is 4.90 Å². The van der Waals surface area contributed by atoms with Crippen LogP contribution >= 0.6 is 0 Å². The Kier molecular flexibility index (Phi) is 4.18. The molecule has 1 unspecified atom stereocenters. The fourth-order valence-corrected chi connectivity index (χ4v) is 4.71. The number of rotatable bonds is 3. The number of carbonyl (C=O) groups excluding carboxylic acids is 1. The van der Waals surface area contributed by atoms with Gasteiger partial charge < -0.3 is 9.84 Å². The molecule has 3 aromatic carbocycles. The second kappa shape index (κ2) is 6.75. The van der Waals surface area contributed by atoms with E-state index in [0.29, 0.717) is 13.2 Å². The standard InChI is InChI=1S/C25H23NO3/c1-25(16-27)15-26(23-13-7-6-12-22(23)25)24(28)29-14-21-19-10-4-2-8-17(19)18-9-3-5-11-20(18)21/h2-13,21,27H,14-16H2,1H3. The quantitative estimate of drug-likeness (QED) is 0.711. The third-order valence-electron chi connectivity index (χ3n) is 6.26. The van der Waals surface area contributed by atoms with Gasteiger partial charge in [-0.2, -0.15) is 0 Å². The molecule has 1 amide bonds. The van der Waals surface area contributed by atoms with E-state index in [9.17, 15) is 9.90 Å². The number of carbonyl (C=O) groups is 1. The number of para-hydroxylation sites is 1. The van der Waals surface area contributed by atoms with Gasteiger partial charge in [-0.15, -0.1) is 0 Å². The summed E-state index contributed by atoms with van der Waals surface area (Å²) in [5.41, 5.74) is 6.15. The van der Waals surface area contributed by atoms with Crippen molar-refractivity contribution in [3.05, 3.63) is 89.5 Å². The fraction of sp³-hybridized carbons (Fsp3) is 0.240. The molecular weight excluding hydrogens is 362 g/mol. The number of nitrogens with zero attached hydrogens (tertiary/aromatic N) is 1. The van der Waals surface area contributed by atoms with E-state index < -0.39 is 5.41 Å². The summed E-state index contributed by atoms with van der Waals surface area (Å²) in [6.45, 7) is 2.67. The van der Waals surface area contributed by atoms with E-state index >= 15 is 0 Å². The van der Waals surface area contributed by atoms with Crippen molar-refractivity contribution in [2.24, 2.45) is 0 Å². The number of anilines is 1. The third-order valence-corrected chi connectivity index (χ3v) is 6.26. The minimum atomic E-state index is -0.470. The Bertz CT molecular complexity index is 1050. The van der Waals surface area contributed by atoms with Gasteiger partial charge in [-0.1, -0.05) is 73.7 Å². The molecule has 146 valence electrons. The van der Waals surface area contributed by atoms with Crippen molar-refractivity contribution in [3.8, 4) is 11.1 Å². The number of hydrogen-bond donors (Lipinski definition) is 1. The third kappa shape index (κ3) is 2.75. The van der Waals surface area contributed by atoms with E-state index in [4.69, 9.17) is 4.74 Å². The number of hydrogen-bond acceptors (Lipinski definition) is 3. The van der Waals surface area contributed by atoms with Crippen molar-refractivity contribution in [3.63, 3.8) is 0 Å². The Labute approximate surface area is 170 Å². The van der Waals surface area contributed by atoms with Crippen LogP contribution in [0.1, 0.15) is 29.5 Å². The molecule has 2 aliphatic rings. The number of aliphatic hydroxyl groups excluding tert-OH is 1. The van der Waals surface area contributed by atoms with Crippen LogP contribution in [0.3, 0.4) is 0 Å². The lowest BCUT2D eigenvalue weighted by Crippen LogP contribution is -2.38. The minimum absolute atomic E-state index is 0.0167. The van der Waals surface area contributed by atoms with Crippen molar-refractivity contribution in [1.82, 2.24) is 0 Å². The fourth-order valence-electron chi connectivity index (χ4n) is 4.71. The van der Waals surface area contributed by atoms with Crippen molar-refractivity contribution in [2.45, 2.75) is 18.3 Å². The van der Waals surface area contributed by atoms with Gasteiger partial charge in [-0.05, 0) is 33.9 Å². The SMILES string of the molecule is CC1(CO)CN(C(=O)OCC2c3ccccc3-c3ccccc32)c2ccccc21. The van der Waals surface area contributed by atoms with Gasteiger partial charge >= 0.3 is 6.09 Å². The lowest BCUT2D eigenvalue weighted by atomic mass is 9.86. The van der Waals surface area contributed by atoms with Crippen LogP contribution in [0, 0.1) is 0 Å². The first kappa shape index (κ1) is 18.0. The molecule has 1 heterocycles. The van der Waals surface area contributed by atoms with E-state index in [1.807, 2.05) is 55.5 Å². The van der Waals surface area contributed by atoms with Gasteiger partial charge in [0.2, 0.25) is 0 Å². The number of amides is 1. The minimum Gasteiger partial charge on any atom is -0.448 e. The molecule has 0 fully saturated rings. The molecular formula is C25H23NO3. The summed E-state index contributed by atoms with van der Waals surface area (Å²) in [7, 11) is 0. The maximum absolute atomic E-state index is 13.0.